The topological polar surface area (TPSA) is 49.4 Å². The van der Waals surface area contributed by atoms with Gasteiger partial charge < -0.3 is 10.2 Å². The average Bonchev–Trinajstić information content (AvgIpc) is 2.97. The Labute approximate surface area is 147 Å². The summed E-state index contributed by atoms with van der Waals surface area (Å²) in [5.41, 5.74) is 0. The number of halogens is 1. The zero-order chi connectivity index (χ0) is 16.7. The Morgan fingerprint density at radius 2 is 2.04 bits per heavy atom. The molecular weight excluding hydrogens is 332 g/mol. The van der Waals surface area contributed by atoms with Gasteiger partial charge in [0.1, 0.15) is 0 Å². The molecule has 0 aliphatic carbocycles. The number of Topliss-reactive ketones (excluding diaryl/α,β-unsaturated/α-hetero) is 1. The van der Waals surface area contributed by atoms with Crippen LogP contribution in [0.5, 0.6) is 0 Å². The SMILES string of the molecule is CC1CCN(CCCNC(=O)CCC(=O)c2ccc(Cl)s2)CC1. The molecule has 1 amide bonds. The first-order valence-electron chi connectivity index (χ1n) is 8.32. The summed E-state index contributed by atoms with van der Waals surface area (Å²) < 4.78 is 0.602. The van der Waals surface area contributed by atoms with Crippen LogP contribution in [0.15, 0.2) is 12.1 Å². The van der Waals surface area contributed by atoms with Gasteiger partial charge in [0.05, 0.1) is 9.21 Å². The molecule has 0 spiro atoms. The van der Waals surface area contributed by atoms with Crippen molar-refractivity contribution in [3.63, 3.8) is 0 Å². The summed E-state index contributed by atoms with van der Waals surface area (Å²) in [6.45, 7) is 6.38. The van der Waals surface area contributed by atoms with Gasteiger partial charge in [0, 0.05) is 19.4 Å². The smallest absolute Gasteiger partial charge is 0.220 e. The minimum absolute atomic E-state index is 0.0144. The summed E-state index contributed by atoms with van der Waals surface area (Å²) in [7, 11) is 0. The maximum atomic E-state index is 11.9. The van der Waals surface area contributed by atoms with Crippen LogP contribution in [0.3, 0.4) is 0 Å². The molecule has 0 radical (unpaired) electrons. The number of carbonyl (C=O) groups is 2. The number of amides is 1. The fraction of sp³-hybridized carbons (Fsp3) is 0.647. The normalized spacial score (nSPS) is 16.4. The lowest BCUT2D eigenvalue weighted by Gasteiger charge is -2.30. The molecule has 0 bridgehead atoms. The van der Waals surface area contributed by atoms with Crippen molar-refractivity contribution < 1.29 is 9.59 Å². The molecule has 1 saturated heterocycles. The fourth-order valence-electron chi connectivity index (χ4n) is 2.72. The van der Waals surface area contributed by atoms with Crippen LogP contribution in [-0.4, -0.2) is 42.8 Å². The van der Waals surface area contributed by atoms with E-state index in [9.17, 15) is 9.59 Å². The Hall–Kier alpha value is -0.910. The van der Waals surface area contributed by atoms with Gasteiger partial charge in [-0.3, -0.25) is 9.59 Å². The van der Waals surface area contributed by atoms with Gasteiger partial charge in [-0.1, -0.05) is 18.5 Å². The molecule has 128 valence electrons. The molecule has 4 nitrogen and oxygen atoms in total. The van der Waals surface area contributed by atoms with E-state index in [1.165, 1.54) is 37.3 Å². The van der Waals surface area contributed by atoms with Gasteiger partial charge in [-0.15, -0.1) is 11.3 Å². The number of piperidine rings is 1. The van der Waals surface area contributed by atoms with Crippen LogP contribution in [0.4, 0.5) is 0 Å². The van der Waals surface area contributed by atoms with Gasteiger partial charge in [0.15, 0.2) is 5.78 Å². The third-order valence-electron chi connectivity index (χ3n) is 4.28. The molecule has 2 rings (SSSR count). The zero-order valence-electron chi connectivity index (χ0n) is 13.6. The van der Waals surface area contributed by atoms with Crippen LogP contribution in [0, 0.1) is 5.92 Å². The van der Waals surface area contributed by atoms with Crippen LogP contribution >= 0.6 is 22.9 Å². The first-order chi connectivity index (χ1) is 11.0. The monoisotopic (exact) mass is 356 g/mol. The average molecular weight is 357 g/mol. The van der Waals surface area contributed by atoms with E-state index in [0.717, 1.165) is 18.9 Å². The molecule has 1 aliphatic rings. The lowest BCUT2D eigenvalue weighted by molar-refractivity contribution is -0.121. The number of likely N-dealkylation sites (tertiary alicyclic amines) is 1. The van der Waals surface area contributed by atoms with E-state index >= 15 is 0 Å². The first-order valence-corrected chi connectivity index (χ1v) is 9.51. The molecule has 0 aromatic carbocycles. The van der Waals surface area contributed by atoms with Crippen LogP contribution in [0.2, 0.25) is 4.34 Å². The standard InChI is InChI=1S/C17H25ClN2O2S/c1-13-7-11-20(12-8-13)10-2-9-19-17(22)6-3-14(21)15-4-5-16(18)23-15/h4-5,13H,2-3,6-12H2,1H3,(H,19,22). The van der Waals surface area contributed by atoms with E-state index in [1.54, 1.807) is 12.1 Å². The summed E-state index contributed by atoms with van der Waals surface area (Å²) in [5, 5.41) is 2.90. The van der Waals surface area contributed by atoms with Gasteiger partial charge in [-0.05, 0) is 56.9 Å². The molecule has 1 aromatic heterocycles. The second-order valence-electron chi connectivity index (χ2n) is 6.25. The van der Waals surface area contributed by atoms with Crippen molar-refractivity contribution in [1.82, 2.24) is 10.2 Å². The van der Waals surface area contributed by atoms with Gasteiger partial charge >= 0.3 is 0 Å². The lowest BCUT2D eigenvalue weighted by atomic mass is 9.99. The number of ketones is 1. The van der Waals surface area contributed by atoms with Crippen LogP contribution in [-0.2, 0) is 4.79 Å². The highest BCUT2D eigenvalue weighted by atomic mass is 35.5. The number of carbonyl (C=O) groups excluding carboxylic acids is 2. The predicted molar refractivity (Wildman–Crippen MR) is 95.4 cm³/mol. The largest absolute Gasteiger partial charge is 0.356 e. The van der Waals surface area contributed by atoms with Gasteiger partial charge in [-0.25, -0.2) is 0 Å². The van der Waals surface area contributed by atoms with Crippen LogP contribution < -0.4 is 5.32 Å². The fourth-order valence-corrected chi connectivity index (χ4v) is 3.73. The van der Waals surface area contributed by atoms with Crippen molar-refractivity contribution in [2.24, 2.45) is 5.92 Å². The molecule has 0 saturated carbocycles. The predicted octanol–water partition coefficient (Wildman–Crippen LogP) is 3.60. The van der Waals surface area contributed by atoms with Crippen molar-refractivity contribution in [1.29, 1.82) is 0 Å². The van der Waals surface area contributed by atoms with Gasteiger partial charge in [0.2, 0.25) is 5.91 Å². The Morgan fingerprint density at radius 3 is 2.70 bits per heavy atom. The number of nitrogens with one attached hydrogen (secondary N) is 1. The number of hydrogen-bond acceptors (Lipinski definition) is 4. The number of nitrogens with zero attached hydrogens (tertiary/aromatic N) is 1. The van der Waals surface area contributed by atoms with E-state index in [0.29, 0.717) is 15.8 Å². The molecule has 6 heteroatoms. The highest BCUT2D eigenvalue weighted by Gasteiger charge is 2.15. The summed E-state index contributed by atoms with van der Waals surface area (Å²) >= 11 is 7.07. The molecule has 1 N–H and O–H groups in total. The Kier molecular flexibility index (Phi) is 7.53. The molecule has 23 heavy (non-hydrogen) atoms. The van der Waals surface area contributed by atoms with Crippen molar-refractivity contribution in [2.45, 2.75) is 39.0 Å². The molecule has 0 atom stereocenters. The number of hydrogen-bond donors (Lipinski definition) is 1. The van der Waals surface area contributed by atoms with Crippen LogP contribution in [0.1, 0.15) is 48.7 Å². The molecule has 1 aliphatic heterocycles. The quantitative estimate of drug-likeness (QED) is 0.572. The Balaban J connectivity index is 1.54. The molecule has 1 fully saturated rings. The second-order valence-corrected chi connectivity index (χ2v) is 7.97. The maximum absolute atomic E-state index is 11.9. The van der Waals surface area contributed by atoms with E-state index in [-0.39, 0.29) is 24.5 Å². The number of rotatable bonds is 8. The summed E-state index contributed by atoms with van der Waals surface area (Å²) in [4.78, 5) is 26.8. The van der Waals surface area contributed by atoms with Crippen molar-refractivity contribution >= 4 is 34.6 Å². The first kappa shape index (κ1) is 18.4. The lowest BCUT2D eigenvalue weighted by Crippen LogP contribution is -2.35. The molecule has 0 unspecified atom stereocenters. The summed E-state index contributed by atoms with van der Waals surface area (Å²) in [6.07, 6.45) is 4.01. The molecular formula is C17H25ClN2O2S. The van der Waals surface area contributed by atoms with E-state index < -0.39 is 0 Å². The van der Waals surface area contributed by atoms with Crippen LogP contribution in [0.25, 0.3) is 0 Å². The Bertz CT molecular complexity index is 524. The van der Waals surface area contributed by atoms with E-state index in [2.05, 4.69) is 17.1 Å². The third-order valence-corrected chi connectivity index (χ3v) is 5.55. The third kappa shape index (κ3) is 6.61. The summed E-state index contributed by atoms with van der Waals surface area (Å²) in [6, 6.07) is 3.42. The minimum Gasteiger partial charge on any atom is -0.356 e. The van der Waals surface area contributed by atoms with E-state index in [4.69, 9.17) is 11.6 Å². The number of thiophene rings is 1. The van der Waals surface area contributed by atoms with Crippen molar-refractivity contribution in [2.75, 3.05) is 26.2 Å². The highest BCUT2D eigenvalue weighted by molar-refractivity contribution is 7.18. The highest BCUT2D eigenvalue weighted by Crippen LogP contribution is 2.22. The minimum atomic E-state index is -0.0479. The maximum Gasteiger partial charge on any atom is 0.220 e. The van der Waals surface area contributed by atoms with Gasteiger partial charge in [-0.2, -0.15) is 0 Å². The Morgan fingerprint density at radius 1 is 1.30 bits per heavy atom. The zero-order valence-corrected chi connectivity index (χ0v) is 15.2. The molecule has 2 heterocycles. The van der Waals surface area contributed by atoms with E-state index in [1.807, 2.05) is 0 Å². The van der Waals surface area contributed by atoms with Gasteiger partial charge in [0.25, 0.3) is 0 Å². The van der Waals surface area contributed by atoms with Crippen molar-refractivity contribution in [3.8, 4) is 0 Å². The molecule has 1 aromatic rings. The van der Waals surface area contributed by atoms with Crippen molar-refractivity contribution in [3.05, 3.63) is 21.3 Å². The summed E-state index contributed by atoms with van der Waals surface area (Å²) in [5.74, 6) is 0.787. The second kappa shape index (κ2) is 9.40.